The van der Waals surface area contributed by atoms with E-state index in [1.807, 2.05) is 10.6 Å². The van der Waals surface area contributed by atoms with Crippen molar-refractivity contribution in [3.63, 3.8) is 0 Å². The summed E-state index contributed by atoms with van der Waals surface area (Å²) in [6.07, 6.45) is 0. The van der Waals surface area contributed by atoms with E-state index in [0.717, 1.165) is 5.69 Å². The molecule has 0 amide bonds. The van der Waals surface area contributed by atoms with Gasteiger partial charge in [0.1, 0.15) is 17.3 Å². The fourth-order valence-electron chi connectivity index (χ4n) is 2.59. The number of hydrogen-bond donors (Lipinski definition) is 0. The van der Waals surface area contributed by atoms with Crippen molar-refractivity contribution in [2.45, 2.75) is 12.1 Å². The highest BCUT2D eigenvalue weighted by Gasteiger charge is 2.20. The number of hydrogen-bond acceptors (Lipinski definition) is 6. The van der Waals surface area contributed by atoms with E-state index >= 15 is 0 Å². The van der Waals surface area contributed by atoms with Crippen molar-refractivity contribution < 1.29 is 14.3 Å². The molecule has 3 rings (SSSR count). The fourth-order valence-corrected chi connectivity index (χ4v) is 3.76. The number of rotatable bonds is 7. The molecule has 0 unspecified atom stereocenters. The zero-order valence-corrected chi connectivity index (χ0v) is 17.7. The minimum absolute atomic E-state index is 0.0363. The third kappa shape index (κ3) is 4.27. The molecule has 1 heterocycles. The molecule has 0 radical (unpaired) electrons. The molecule has 9 heteroatoms. The highest BCUT2D eigenvalue weighted by atomic mass is 35.5. The first-order chi connectivity index (χ1) is 13.4. The van der Waals surface area contributed by atoms with Gasteiger partial charge in [0.15, 0.2) is 11.0 Å². The van der Waals surface area contributed by atoms with Crippen LogP contribution in [-0.4, -0.2) is 40.5 Å². The third-order valence-corrected chi connectivity index (χ3v) is 5.44. The zero-order valence-electron chi connectivity index (χ0n) is 15.4. The molecule has 3 aromatic rings. The Morgan fingerprint density at radius 2 is 1.79 bits per heavy atom. The van der Waals surface area contributed by atoms with Crippen molar-refractivity contribution in [2.75, 3.05) is 20.0 Å². The monoisotopic (exact) mass is 437 g/mol. The molecule has 0 N–H and O–H groups in total. The van der Waals surface area contributed by atoms with Gasteiger partial charge in [0.05, 0.1) is 36.2 Å². The predicted molar refractivity (Wildman–Crippen MR) is 111 cm³/mol. The maximum atomic E-state index is 11.5. The van der Waals surface area contributed by atoms with Crippen LogP contribution in [0, 0.1) is 0 Å². The number of Topliss-reactive ketones (excluding diaryl/α,β-unsaturated/α-hetero) is 1. The fraction of sp³-hybridized carbons (Fsp3) is 0.211. The molecule has 0 spiro atoms. The second-order valence-corrected chi connectivity index (χ2v) is 7.58. The Morgan fingerprint density at radius 3 is 2.43 bits per heavy atom. The lowest BCUT2D eigenvalue weighted by atomic mass is 10.2. The van der Waals surface area contributed by atoms with E-state index in [1.54, 1.807) is 44.6 Å². The number of ketones is 1. The molecule has 2 aromatic carbocycles. The van der Waals surface area contributed by atoms with Crippen LogP contribution in [0.4, 0.5) is 0 Å². The van der Waals surface area contributed by atoms with Crippen molar-refractivity contribution >= 4 is 40.7 Å². The van der Waals surface area contributed by atoms with Crippen LogP contribution >= 0.6 is 35.0 Å². The van der Waals surface area contributed by atoms with E-state index in [-0.39, 0.29) is 11.5 Å². The second-order valence-electron chi connectivity index (χ2n) is 5.80. The molecule has 6 nitrogen and oxygen atoms in total. The van der Waals surface area contributed by atoms with E-state index in [0.29, 0.717) is 38.1 Å². The smallest absolute Gasteiger partial charge is 0.196 e. The van der Waals surface area contributed by atoms with Gasteiger partial charge in [-0.2, -0.15) is 0 Å². The number of methoxy groups -OCH3 is 2. The summed E-state index contributed by atoms with van der Waals surface area (Å²) < 4.78 is 12.5. The van der Waals surface area contributed by atoms with Crippen molar-refractivity contribution in [2.24, 2.45) is 0 Å². The van der Waals surface area contributed by atoms with Gasteiger partial charge in [0.25, 0.3) is 0 Å². The van der Waals surface area contributed by atoms with Crippen LogP contribution in [0.3, 0.4) is 0 Å². The number of thioether (sulfide) groups is 1. The van der Waals surface area contributed by atoms with Gasteiger partial charge < -0.3 is 9.47 Å². The lowest BCUT2D eigenvalue weighted by Gasteiger charge is -2.14. The van der Waals surface area contributed by atoms with Gasteiger partial charge in [0.2, 0.25) is 0 Å². The van der Waals surface area contributed by atoms with Gasteiger partial charge in [0, 0.05) is 5.02 Å². The van der Waals surface area contributed by atoms with Gasteiger partial charge in [-0.3, -0.25) is 9.36 Å². The number of halogens is 2. The normalized spacial score (nSPS) is 10.8. The summed E-state index contributed by atoms with van der Waals surface area (Å²) in [5, 5.41) is 10.1. The van der Waals surface area contributed by atoms with Crippen molar-refractivity contribution in [3.05, 3.63) is 46.4 Å². The Hall–Kier alpha value is -2.22. The Balaban J connectivity index is 2.20. The SMILES string of the molecule is COc1ccc(-n2c(SCC(C)=O)nnc2-c2cc(Cl)ccc2OC)cc1Cl. The van der Waals surface area contributed by atoms with Crippen LogP contribution in [0.5, 0.6) is 11.5 Å². The molecule has 28 heavy (non-hydrogen) atoms. The number of aromatic nitrogens is 3. The molecular weight excluding hydrogens is 421 g/mol. The van der Waals surface area contributed by atoms with Crippen molar-refractivity contribution in [3.8, 4) is 28.6 Å². The number of carbonyl (C=O) groups excluding carboxylic acids is 1. The van der Waals surface area contributed by atoms with Crippen LogP contribution in [0.1, 0.15) is 6.92 Å². The summed E-state index contributed by atoms with van der Waals surface area (Å²) in [5.41, 5.74) is 1.39. The van der Waals surface area contributed by atoms with Gasteiger partial charge in [-0.25, -0.2) is 0 Å². The largest absolute Gasteiger partial charge is 0.496 e. The summed E-state index contributed by atoms with van der Waals surface area (Å²) in [4.78, 5) is 11.5. The van der Waals surface area contributed by atoms with Crippen LogP contribution < -0.4 is 9.47 Å². The highest BCUT2D eigenvalue weighted by Crippen LogP contribution is 2.36. The molecule has 0 atom stereocenters. The first-order valence-corrected chi connectivity index (χ1v) is 9.94. The maximum Gasteiger partial charge on any atom is 0.196 e. The van der Waals surface area contributed by atoms with Crippen LogP contribution in [-0.2, 0) is 4.79 Å². The van der Waals surface area contributed by atoms with E-state index < -0.39 is 0 Å². The summed E-state index contributed by atoms with van der Waals surface area (Å²) in [6.45, 7) is 1.53. The van der Waals surface area contributed by atoms with Crippen molar-refractivity contribution in [1.29, 1.82) is 0 Å². The molecule has 0 saturated heterocycles. The second kappa shape index (κ2) is 8.86. The summed E-state index contributed by atoms with van der Waals surface area (Å²) in [5.74, 6) is 1.98. The van der Waals surface area contributed by atoms with Gasteiger partial charge in [-0.15, -0.1) is 10.2 Å². The molecule has 0 fully saturated rings. The Bertz CT molecular complexity index is 1020. The van der Waals surface area contributed by atoms with Crippen molar-refractivity contribution in [1.82, 2.24) is 14.8 Å². The third-order valence-electron chi connectivity index (χ3n) is 3.83. The lowest BCUT2D eigenvalue weighted by molar-refractivity contribution is -0.114. The summed E-state index contributed by atoms with van der Waals surface area (Å²) in [6, 6.07) is 10.6. The van der Waals surface area contributed by atoms with Crippen LogP contribution in [0.25, 0.3) is 17.1 Å². The van der Waals surface area contributed by atoms with Gasteiger partial charge >= 0.3 is 0 Å². The lowest BCUT2D eigenvalue weighted by Crippen LogP contribution is -2.03. The van der Waals surface area contributed by atoms with Gasteiger partial charge in [-0.05, 0) is 43.3 Å². The Kier molecular flexibility index (Phi) is 6.49. The summed E-state index contributed by atoms with van der Waals surface area (Å²) in [7, 11) is 3.12. The average molecular weight is 438 g/mol. The molecule has 0 aliphatic carbocycles. The first-order valence-electron chi connectivity index (χ1n) is 8.20. The minimum atomic E-state index is 0.0363. The van der Waals surface area contributed by atoms with Gasteiger partial charge in [-0.1, -0.05) is 35.0 Å². The topological polar surface area (TPSA) is 66.2 Å². The maximum absolute atomic E-state index is 11.5. The molecular formula is C19H17Cl2N3O3S. The van der Waals surface area contributed by atoms with Crippen LogP contribution in [0.2, 0.25) is 10.0 Å². The highest BCUT2D eigenvalue weighted by molar-refractivity contribution is 7.99. The quantitative estimate of drug-likeness (QED) is 0.487. The van der Waals surface area contributed by atoms with E-state index in [1.165, 1.54) is 18.7 Å². The number of carbonyl (C=O) groups is 1. The van der Waals surface area contributed by atoms with Crippen LogP contribution in [0.15, 0.2) is 41.6 Å². The number of benzene rings is 2. The van der Waals surface area contributed by atoms with E-state index in [2.05, 4.69) is 10.2 Å². The zero-order chi connectivity index (χ0) is 20.3. The molecule has 146 valence electrons. The van der Waals surface area contributed by atoms with E-state index in [9.17, 15) is 4.79 Å². The minimum Gasteiger partial charge on any atom is -0.496 e. The molecule has 0 aliphatic heterocycles. The Morgan fingerprint density at radius 1 is 1.07 bits per heavy atom. The first kappa shape index (κ1) is 20.5. The average Bonchev–Trinajstić information content (AvgIpc) is 3.10. The standard InChI is InChI=1S/C19H17Cl2N3O3S/c1-11(25)10-28-19-23-22-18(14-8-12(20)4-6-16(14)26-2)24(19)13-5-7-17(27-3)15(21)9-13/h4-9H,10H2,1-3H3. The van der Waals surface area contributed by atoms with E-state index in [4.69, 9.17) is 32.7 Å². The Labute approximate surface area is 176 Å². The predicted octanol–water partition coefficient (Wildman–Crippen LogP) is 4.94. The number of nitrogens with zero attached hydrogens (tertiary/aromatic N) is 3. The molecule has 0 saturated carbocycles. The summed E-state index contributed by atoms with van der Waals surface area (Å²) >= 11 is 13.8. The molecule has 1 aromatic heterocycles. The number of ether oxygens (including phenoxy) is 2. The molecule has 0 bridgehead atoms. The molecule has 0 aliphatic rings.